The molecule has 0 atom stereocenters. The first kappa shape index (κ1) is 10.8. The molecule has 0 spiro atoms. The van der Waals surface area contributed by atoms with E-state index in [1.54, 1.807) is 24.3 Å². The van der Waals surface area contributed by atoms with Crippen LogP contribution in [0.25, 0.3) is 17.2 Å². The third kappa shape index (κ3) is 1.95. The van der Waals surface area contributed by atoms with Gasteiger partial charge in [-0.15, -0.1) is 0 Å². The Morgan fingerprint density at radius 3 is 2.56 bits per heavy atom. The van der Waals surface area contributed by atoms with E-state index >= 15 is 0 Å². The maximum absolute atomic E-state index is 9.82. The first-order valence-corrected chi connectivity index (χ1v) is 5.30. The summed E-state index contributed by atoms with van der Waals surface area (Å²) in [6.45, 7) is 3.75. The molecule has 0 aromatic heterocycles. The van der Waals surface area contributed by atoms with Gasteiger partial charge in [-0.2, -0.15) is 0 Å². The zero-order chi connectivity index (χ0) is 11.5. The average molecular weight is 231 g/mol. The molecule has 0 bridgehead atoms. The molecule has 0 saturated heterocycles. The summed E-state index contributed by atoms with van der Waals surface area (Å²) in [5, 5.41) is 10.4. The van der Waals surface area contributed by atoms with Crippen LogP contribution in [0.15, 0.2) is 49.0 Å². The number of aromatic hydroxyl groups is 1. The van der Waals surface area contributed by atoms with Gasteiger partial charge in [0.05, 0.1) is 0 Å². The Morgan fingerprint density at radius 1 is 1.06 bits per heavy atom. The molecule has 0 unspecified atom stereocenters. The van der Waals surface area contributed by atoms with Crippen LogP contribution in [-0.4, -0.2) is 5.11 Å². The average Bonchev–Trinajstić information content (AvgIpc) is 2.32. The van der Waals surface area contributed by atoms with E-state index in [-0.39, 0.29) is 5.75 Å². The van der Waals surface area contributed by atoms with Crippen LogP contribution in [0.4, 0.5) is 0 Å². The Kier molecular flexibility index (Phi) is 2.97. The first-order chi connectivity index (χ1) is 7.72. The van der Waals surface area contributed by atoms with Gasteiger partial charge in [-0.1, -0.05) is 48.5 Å². The molecular weight excluding hydrogens is 220 g/mol. The highest BCUT2D eigenvalue weighted by molar-refractivity contribution is 6.31. The standard InChI is InChI=1S/C14H11ClO/c1-2-10-5-3-4-6-12(10)13-9-11(15)7-8-14(13)16/h2-9,16H,1H2. The van der Waals surface area contributed by atoms with Crippen LogP contribution in [0.2, 0.25) is 5.02 Å². The van der Waals surface area contributed by atoms with E-state index < -0.39 is 0 Å². The summed E-state index contributed by atoms with van der Waals surface area (Å²) in [6.07, 6.45) is 1.76. The third-order valence-electron chi connectivity index (χ3n) is 2.43. The quantitative estimate of drug-likeness (QED) is 0.813. The Morgan fingerprint density at radius 2 is 1.81 bits per heavy atom. The van der Waals surface area contributed by atoms with Gasteiger partial charge in [-0.25, -0.2) is 0 Å². The van der Waals surface area contributed by atoms with Crippen LogP contribution in [0.3, 0.4) is 0 Å². The third-order valence-corrected chi connectivity index (χ3v) is 2.66. The Labute approximate surface area is 99.6 Å². The predicted molar refractivity (Wildman–Crippen MR) is 68.6 cm³/mol. The molecule has 2 aromatic carbocycles. The Bertz CT molecular complexity index is 532. The van der Waals surface area contributed by atoms with Gasteiger partial charge in [-0.3, -0.25) is 0 Å². The van der Waals surface area contributed by atoms with E-state index in [0.29, 0.717) is 5.02 Å². The monoisotopic (exact) mass is 230 g/mol. The topological polar surface area (TPSA) is 20.2 Å². The Balaban J connectivity index is 2.66. The van der Waals surface area contributed by atoms with Gasteiger partial charge in [0.25, 0.3) is 0 Å². The van der Waals surface area contributed by atoms with Crippen LogP contribution >= 0.6 is 11.6 Å². The lowest BCUT2D eigenvalue weighted by atomic mass is 9.99. The second-order valence-corrected chi connectivity index (χ2v) is 3.89. The number of phenolic OH excluding ortho intramolecular Hbond substituents is 1. The van der Waals surface area contributed by atoms with Crippen molar-refractivity contribution in [3.63, 3.8) is 0 Å². The number of hydrogen-bond donors (Lipinski definition) is 1. The van der Waals surface area contributed by atoms with Gasteiger partial charge < -0.3 is 5.11 Å². The van der Waals surface area contributed by atoms with E-state index in [9.17, 15) is 5.11 Å². The van der Waals surface area contributed by atoms with Crippen molar-refractivity contribution in [2.45, 2.75) is 0 Å². The SMILES string of the molecule is C=Cc1ccccc1-c1cc(Cl)ccc1O. The maximum Gasteiger partial charge on any atom is 0.123 e. The number of rotatable bonds is 2. The lowest BCUT2D eigenvalue weighted by molar-refractivity contribution is 0.477. The van der Waals surface area contributed by atoms with Gasteiger partial charge in [0.15, 0.2) is 0 Å². The summed E-state index contributed by atoms with van der Waals surface area (Å²) in [6, 6.07) is 12.7. The predicted octanol–water partition coefficient (Wildman–Crippen LogP) is 4.36. The molecule has 1 nitrogen and oxygen atoms in total. The smallest absolute Gasteiger partial charge is 0.123 e. The molecule has 16 heavy (non-hydrogen) atoms. The van der Waals surface area contributed by atoms with E-state index in [4.69, 9.17) is 11.6 Å². The van der Waals surface area contributed by atoms with Gasteiger partial charge in [0, 0.05) is 10.6 Å². The summed E-state index contributed by atoms with van der Waals surface area (Å²) in [5.74, 6) is 0.221. The number of hydrogen-bond acceptors (Lipinski definition) is 1. The lowest BCUT2D eigenvalue weighted by Crippen LogP contribution is -1.83. The van der Waals surface area contributed by atoms with Crippen LogP contribution < -0.4 is 0 Å². The zero-order valence-corrected chi connectivity index (χ0v) is 9.41. The molecule has 0 radical (unpaired) electrons. The van der Waals surface area contributed by atoms with Crippen LogP contribution in [-0.2, 0) is 0 Å². The summed E-state index contributed by atoms with van der Waals surface area (Å²) in [7, 11) is 0. The van der Waals surface area contributed by atoms with E-state index in [0.717, 1.165) is 16.7 Å². The maximum atomic E-state index is 9.82. The van der Waals surface area contributed by atoms with Crippen molar-refractivity contribution in [3.8, 4) is 16.9 Å². The normalized spacial score (nSPS) is 10.1. The van der Waals surface area contributed by atoms with Gasteiger partial charge in [0.1, 0.15) is 5.75 Å². The van der Waals surface area contributed by atoms with Crippen LogP contribution in [0.1, 0.15) is 5.56 Å². The van der Waals surface area contributed by atoms with E-state index in [1.165, 1.54) is 0 Å². The highest BCUT2D eigenvalue weighted by atomic mass is 35.5. The highest BCUT2D eigenvalue weighted by Gasteiger charge is 2.07. The van der Waals surface area contributed by atoms with Crippen molar-refractivity contribution in [2.75, 3.05) is 0 Å². The molecule has 2 aromatic rings. The van der Waals surface area contributed by atoms with E-state index in [2.05, 4.69) is 6.58 Å². The minimum atomic E-state index is 0.221. The summed E-state index contributed by atoms with van der Waals surface area (Å²) in [4.78, 5) is 0. The Hall–Kier alpha value is -1.73. The van der Waals surface area contributed by atoms with Crippen LogP contribution in [0.5, 0.6) is 5.75 Å². The van der Waals surface area contributed by atoms with Crippen molar-refractivity contribution < 1.29 is 5.11 Å². The number of benzene rings is 2. The molecule has 0 aliphatic carbocycles. The molecule has 0 aliphatic rings. The summed E-state index contributed by atoms with van der Waals surface area (Å²) >= 11 is 5.93. The fourth-order valence-corrected chi connectivity index (χ4v) is 1.82. The van der Waals surface area contributed by atoms with Crippen molar-refractivity contribution in [1.82, 2.24) is 0 Å². The van der Waals surface area contributed by atoms with Gasteiger partial charge in [-0.05, 0) is 29.3 Å². The van der Waals surface area contributed by atoms with Gasteiger partial charge >= 0.3 is 0 Å². The summed E-state index contributed by atoms with van der Waals surface area (Å²) in [5.41, 5.74) is 2.63. The molecular formula is C14H11ClO. The highest BCUT2D eigenvalue weighted by Crippen LogP contribution is 2.33. The molecule has 0 saturated carbocycles. The molecule has 0 amide bonds. The van der Waals surface area contributed by atoms with Crippen molar-refractivity contribution in [3.05, 3.63) is 59.6 Å². The minimum Gasteiger partial charge on any atom is -0.507 e. The molecule has 80 valence electrons. The number of phenols is 1. The molecule has 0 heterocycles. The van der Waals surface area contributed by atoms with Crippen LogP contribution in [0, 0.1) is 0 Å². The molecule has 1 N–H and O–H groups in total. The van der Waals surface area contributed by atoms with Crippen molar-refractivity contribution in [2.24, 2.45) is 0 Å². The number of halogens is 1. The van der Waals surface area contributed by atoms with Gasteiger partial charge in [0.2, 0.25) is 0 Å². The van der Waals surface area contributed by atoms with Crippen molar-refractivity contribution in [1.29, 1.82) is 0 Å². The second-order valence-electron chi connectivity index (χ2n) is 3.45. The van der Waals surface area contributed by atoms with E-state index in [1.807, 2.05) is 24.3 Å². The molecule has 2 rings (SSSR count). The summed E-state index contributed by atoms with van der Waals surface area (Å²) < 4.78 is 0. The van der Waals surface area contributed by atoms with Crippen molar-refractivity contribution >= 4 is 17.7 Å². The molecule has 2 heteroatoms. The largest absolute Gasteiger partial charge is 0.507 e. The molecule has 0 aliphatic heterocycles. The first-order valence-electron chi connectivity index (χ1n) is 4.92. The lowest BCUT2D eigenvalue weighted by Gasteiger charge is -2.08. The minimum absolute atomic E-state index is 0.221. The molecule has 0 fully saturated rings. The fourth-order valence-electron chi connectivity index (χ4n) is 1.64. The zero-order valence-electron chi connectivity index (χ0n) is 8.65. The second kappa shape index (κ2) is 4.42. The fraction of sp³-hybridized carbons (Fsp3) is 0.